The van der Waals surface area contributed by atoms with Crippen molar-refractivity contribution in [3.8, 4) is 0 Å². The minimum absolute atomic E-state index is 0.0408. The Bertz CT molecular complexity index is 632. The number of hydrogen-bond acceptors (Lipinski definition) is 4. The Morgan fingerprint density at radius 1 is 0.870 bits per heavy atom. The summed E-state index contributed by atoms with van der Waals surface area (Å²) in [5.74, 6) is 0. The van der Waals surface area contributed by atoms with E-state index in [1.807, 2.05) is 12.1 Å². The third kappa shape index (κ3) is 6.09. The van der Waals surface area contributed by atoms with Crippen LogP contribution in [-0.4, -0.2) is 24.9 Å². The molecule has 0 unspecified atom stereocenters. The molecular formula is C17H18N2O4. The molecule has 0 spiro atoms. The summed E-state index contributed by atoms with van der Waals surface area (Å²) in [6.45, 7) is 1.60. The summed E-state index contributed by atoms with van der Waals surface area (Å²) < 4.78 is 10.1. The molecule has 2 amide bonds. The Morgan fingerprint density at radius 2 is 1.35 bits per heavy atom. The molecule has 1 atom stereocenters. The molecule has 0 bridgehead atoms. The van der Waals surface area contributed by atoms with Gasteiger partial charge in [0.2, 0.25) is 0 Å². The molecule has 0 heterocycles. The van der Waals surface area contributed by atoms with Gasteiger partial charge >= 0.3 is 12.2 Å². The number of amides is 2. The van der Waals surface area contributed by atoms with Gasteiger partial charge in [-0.3, -0.25) is 10.6 Å². The number of rotatable bonds is 5. The van der Waals surface area contributed by atoms with Gasteiger partial charge in [0.1, 0.15) is 12.7 Å². The molecule has 2 aromatic carbocycles. The highest BCUT2D eigenvalue weighted by atomic mass is 16.6. The zero-order valence-corrected chi connectivity index (χ0v) is 12.7. The van der Waals surface area contributed by atoms with Crippen molar-refractivity contribution >= 4 is 23.6 Å². The monoisotopic (exact) mass is 314 g/mol. The molecule has 6 nitrogen and oxygen atoms in total. The molecule has 0 aliphatic heterocycles. The maximum atomic E-state index is 11.7. The third-order valence-corrected chi connectivity index (χ3v) is 2.80. The van der Waals surface area contributed by atoms with E-state index in [0.717, 1.165) is 0 Å². The molecule has 120 valence electrons. The SMILES string of the molecule is C[C@@H](COC(=O)Nc1ccccc1)OC(=O)Nc1ccccc1. The van der Waals surface area contributed by atoms with Crippen LogP contribution in [0.25, 0.3) is 0 Å². The van der Waals surface area contributed by atoms with Gasteiger partial charge in [0.25, 0.3) is 0 Å². The average Bonchev–Trinajstić information content (AvgIpc) is 2.55. The molecule has 0 aliphatic rings. The summed E-state index contributed by atoms with van der Waals surface area (Å²) in [6.07, 6.45) is -1.77. The van der Waals surface area contributed by atoms with Gasteiger partial charge in [-0.1, -0.05) is 36.4 Å². The topological polar surface area (TPSA) is 76.7 Å². The van der Waals surface area contributed by atoms with E-state index in [-0.39, 0.29) is 6.61 Å². The lowest BCUT2D eigenvalue weighted by Gasteiger charge is -2.14. The highest BCUT2D eigenvalue weighted by Gasteiger charge is 2.12. The zero-order valence-electron chi connectivity index (χ0n) is 12.7. The van der Waals surface area contributed by atoms with E-state index in [2.05, 4.69) is 10.6 Å². The zero-order chi connectivity index (χ0) is 16.5. The van der Waals surface area contributed by atoms with Crippen LogP contribution in [0.4, 0.5) is 21.0 Å². The number of hydrogen-bond donors (Lipinski definition) is 2. The molecule has 6 heteroatoms. The molecule has 23 heavy (non-hydrogen) atoms. The minimum atomic E-state index is -0.602. The van der Waals surface area contributed by atoms with Gasteiger partial charge in [-0.2, -0.15) is 0 Å². The lowest BCUT2D eigenvalue weighted by molar-refractivity contribution is 0.0651. The molecule has 0 saturated heterocycles. The Kier molecular flexibility index (Phi) is 5.99. The van der Waals surface area contributed by atoms with Crippen LogP contribution in [0.1, 0.15) is 6.92 Å². The van der Waals surface area contributed by atoms with Crippen LogP contribution < -0.4 is 10.6 Å². The van der Waals surface area contributed by atoms with E-state index >= 15 is 0 Å². The Balaban J connectivity index is 1.69. The first-order chi connectivity index (χ1) is 11.1. The molecule has 0 aromatic heterocycles. The van der Waals surface area contributed by atoms with Gasteiger partial charge in [0.15, 0.2) is 0 Å². The first kappa shape index (κ1) is 16.4. The predicted octanol–water partition coefficient (Wildman–Crippen LogP) is 3.87. The third-order valence-electron chi connectivity index (χ3n) is 2.80. The molecular weight excluding hydrogens is 296 g/mol. The highest BCUT2D eigenvalue weighted by molar-refractivity contribution is 5.85. The van der Waals surface area contributed by atoms with Crippen molar-refractivity contribution in [1.82, 2.24) is 0 Å². The maximum absolute atomic E-state index is 11.7. The van der Waals surface area contributed by atoms with Crippen molar-refractivity contribution in [2.24, 2.45) is 0 Å². The lowest BCUT2D eigenvalue weighted by atomic mass is 10.3. The number of ether oxygens (including phenoxy) is 2. The summed E-state index contributed by atoms with van der Waals surface area (Å²) in [5, 5.41) is 5.16. The van der Waals surface area contributed by atoms with Gasteiger partial charge in [-0.05, 0) is 31.2 Å². The fourth-order valence-corrected chi connectivity index (χ4v) is 1.75. The van der Waals surface area contributed by atoms with Crippen LogP contribution >= 0.6 is 0 Å². The number of carbonyl (C=O) groups is 2. The normalized spacial score (nSPS) is 11.2. The summed E-state index contributed by atoms with van der Waals surface area (Å²) in [7, 11) is 0. The molecule has 0 radical (unpaired) electrons. The van der Waals surface area contributed by atoms with E-state index < -0.39 is 18.3 Å². The van der Waals surface area contributed by atoms with Gasteiger partial charge in [-0.25, -0.2) is 9.59 Å². The molecule has 0 aliphatic carbocycles. The first-order valence-electron chi connectivity index (χ1n) is 7.15. The Morgan fingerprint density at radius 3 is 1.87 bits per heavy atom. The largest absolute Gasteiger partial charge is 0.445 e. The van der Waals surface area contributed by atoms with Crippen LogP contribution in [0.15, 0.2) is 60.7 Å². The second-order valence-corrected chi connectivity index (χ2v) is 4.80. The van der Waals surface area contributed by atoms with Crippen molar-refractivity contribution < 1.29 is 19.1 Å². The standard InChI is InChI=1S/C17H18N2O4/c1-13(23-17(21)19-15-10-6-3-7-11-15)12-22-16(20)18-14-8-4-2-5-9-14/h2-11,13H,12H2,1H3,(H,18,20)(H,19,21)/t13-/m0/s1. The Labute approximate surface area is 134 Å². The van der Waals surface area contributed by atoms with Crippen molar-refractivity contribution in [3.05, 3.63) is 60.7 Å². The predicted molar refractivity (Wildman–Crippen MR) is 87.4 cm³/mol. The van der Waals surface area contributed by atoms with E-state index in [1.165, 1.54) is 0 Å². The summed E-state index contributed by atoms with van der Waals surface area (Å²) in [5.41, 5.74) is 1.26. The lowest BCUT2D eigenvalue weighted by Crippen LogP contribution is -2.26. The smallest absolute Gasteiger partial charge is 0.412 e. The summed E-state index contributed by atoms with van der Waals surface area (Å²) in [6, 6.07) is 17.9. The maximum Gasteiger partial charge on any atom is 0.412 e. The van der Waals surface area contributed by atoms with Crippen molar-refractivity contribution in [3.63, 3.8) is 0 Å². The number of para-hydroxylation sites is 2. The van der Waals surface area contributed by atoms with E-state index in [9.17, 15) is 9.59 Å². The number of anilines is 2. The molecule has 0 fully saturated rings. The van der Waals surface area contributed by atoms with Crippen molar-refractivity contribution in [1.29, 1.82) is 0 Å². The van der Waals surface area contributed by atoms with Crippen molar-refractivity contribution in [2.45, 2.75) is 13.0 Å². The number of benzene rings is 2. The van der Waals surface area contributed by atoms with Crippen LogP contribution in [0.3, 0.4) is 0 Å². The summed E-state index contributed by atoms with van der Waals surface area (Å²) >= 11 is 0. The van der Waals surface area contributed by atoms with Gasteiger partial charge in [0.05, 0.1) is 0 Å². The van der Waals surface area contributed by atoms with E-state index in [4.69, 9.17) is 9.47 Å². The fourth-order valence-electron chi connectivity index (χ4n) is 1.75. The average molecular weight is 314 g/mol. The summed E-state index contributed by atoms with van der Waals surface area (Å²) in [4.78, 5) is 23.3. The van der Waals surface area contributed by atoms with Crippen LogP contribution in [0, 0.1) is 0 Å². The molecule has 2 aromatic rings. The molecule has 0 saturated carbocycles. The van der Waals surface area contributed by atoms with Crippen LogP contribution in [-0.2, 0) is 9.47 Å². The minimum Gasteiger partial charge on any atom is -0.445 e. The number of carbonyl (C=O) groups excluding carboxylic acids is 2. The second kappa shape index (κ2) is 8.43. The van der Waals surface area contributed by atoms with Crippen LogP contribution in [0.5, 0.6) is 0 Å². The van der Waals surface area contributed by atoms with Gasteiger partial charge < -0.3 is 9.47 Å². The molecule has 2 N–H and O–H groups in total. The first-order valence-corrected chi connectivity index (χ1v) is 7.15. The van der Waals surface area contributed by atoms with Crippen LogP contribution in [0.2, 0.25) is 0 Å². The second-order valence-electron chi connectivity index (χ2n) is 4.80. The fraction of sp³-hybridized carbons (Fsp3) is 0.176. The van der Waals surface area contributed by atoms with E-state index in [0.29, 0.717) is 11.4 Å². The highest BCUT2D eigenvalue weighted by Crippen LogP contribution is 2.07. The number of nitrogens with one attached hydrogen (secondary N) is 2. The van der Waals surface area contributed by atoms with E-state index in [1.54, 1.807) is 55.5 Å². The van der Waals surface area contributed by atoms with Gasteiger partial charge in [0, 0.05) is 11.4 Å². The molecule has 2 rings (SSSR count). The quantitative estimate of drug-likeness (QED) is 0.878. The Hall–Kier alpha value is -3.02. The van der Waals surface area contributed by atoms with Gasteiger partial charge in [-0.15, -0.1) is 0 Å². The van der Waals surface area contributed by atoms with Crippen molar-refractivity contribution in [2.75, 3.05) is 17.2 Å².